The van der Waals surface area contributed by atoms with Crippen molar-refractivity contribution < 1.29 is 22.7 Å². The Hall–Kier alpha value is -2.89. The van der Waals surface area contributed by atoms with Crippen LogP contribution in [-0.2, 0) is 14.8 Å². The van der Waals surface area contributed by atoms with Gasteiger partial charge in [0.15, 0.2) is 17.2 Å². The first-order valence-electron chi connectivity index (χ1n) is 8.03. The monoisotopic (exact) mass is 454 g/mol. The predicted molar refractivity (Wildman–Crippen MR) is 110 cm³/mol. The summed E-state index contributed by atoms with van der Waals surface area (Å²) in [4.78, 5) is 11.1. The van der Waals surface area contributed by atoms with Crippen molar-refractivity contribution >= 4 is 49.7 Å². The normalized spacial score (nSPS) is 11.0. The van der Waals surface area contributed by atoms with Crippen LogP contribution in [0.3, 0.4) is 0 Å². The zero-order chi connectivity index (χ0) is 21.0. The average Bonchev–Trinajstić information content (AvgIpc) is 3.13. The molecule has 3 aromatic rings. The van der Waals surface area contributed by atoms with E-state index < -0.39 is 10.0 Å². The molecule has 0 aliphatic heterocycles. The van der Waals surface area contributed by atoms with Gasteiger partial charge in [-0.2, -0.15) is 8.42 Å². The van der Waals surface area contributed by atoms with Crippen molar-refractivity contribution in [3.05, 3.63) is 47.5 Å². The van der Waals surface area contributed by atoms with Crippen molar-refractivity contribution in [1.29, 1.82) is 0 Å². The molecule has 0 spiro atoms. The number of ether oxygens (including phenoxy) is 2. The second-order valence-electron chi connectivity index (χ2n) is 5.55. The summed E-state index contributed by atoms with van der Waals surface area (Å²) in [6, 6.07) is 11.4. The van der Waals surface area contributed by atoms with Crippen LogP contribution < -0.4 is 19.5 Å². The molecule has 0 aliphatic carbocycles. The molecule has 152 valence electrons. The van der Waals surface area contributed by atoms with E-state index in [0.717, 1.165) is 0 Å². The number of hydrogen-bond acceptors (Lipinski definition) is 8. The first-order valence-corrected chi connectivity index (χ1v) is 10.7. The quantitative estimate of drug-likeness (QED) is 0.521. The first kappa shape index (κ1) is 20.8. The third-order valence-electron chi connectivity index (χ3n) is 3.39. The molecule has 0 atom stereocenters. The molecule has 0 fully saturated rings. The molecule has 2 aromatic carbocycles. The zero-order valence-corrected chi connectivity index (χ0v) is 17.6. The highest BCUT2D eigenvalue weighted by Crippen LogP contribution is 2.37. The van der Waals surface area contributed by atoms with E-state index in [9.17, 15) is 13.2 Å². The minimum atomic E-state index is -4.10. The molecule has 0 radical (unpaired) electrons. The van der Waals surface area contributed by atoms with E-state index in [2.05, 4.69) is 20.2 Å². The number of methoxy groups -OCH3 is 1. The Morgan fingerprint density at radius 3 is 2.52 bits per heavy atom. The summed E-state index contributed by atoms with van der Waals surface area (Å²) in [7, 11) is -2.61. The Morgan fingerprint density at radius 1 is 1.10 bits per heavy atom. The number of carbonyl (C=O) groups excluding carboxylic acids is 1. The van der Waals surface area contributed by atoms with E-state index in [-0.39, 0.29) is 26.8 Å². The van der Waals surface area contributed by atoms with E-state index in [1.54, 1.807) is 30.3 Å². The number of aromatic nitrogens is 2. The molecule has 0 unspecified atom stereocenters. The summed E-state index contributed by atoms with van der Waals surface area (Å²) in [6.45, 7) is 1.28. The summed E-state index contributed by atoms with van der Waals surface area (Å²) in [5, 5.41) is 9.99. The van der Waals surface area contributed by atoms with Crippen molar-refractivity contribution in [3.8, 4) is 17.2 Å². The van der Waals surface area contributed by atoms with Crippen LogP contribution >= 0.6 is 22.9 Å². The van der Waals surface area contributed by atoms with Crippen LogP contribution in [0.4, 0.5) is 10.8 Å². The molecule has 29 heavy (non-hydrogen) atoms. The van der Waals surface area contributed by atoms with Crippen LogP contribution in [-0.4, -0.2) is 31.6 Å². The zero-order valence-electron chi connectivity index (χ0n) is 15.2. The molecule has 1 aromatic heterocycles. The maximum absolute atomic E-state index is 12.7. The fourth-order valence-electron chi connectivity index (χ4n) is 2.20. The van der Waals surface area contributed by atoms with Gasteiger partial charge in [-0.1, -0.05) is 35.1 Å². The largest absolute Gasteiger partial charge is 0.493 e. The van der Waals surface area contributed by atoms with Gasteiger partial charge in [0.05, 0.1) is 12.8 Å². The van der Waals surface area contributed by atoms with Gasteiger partial charge in [-0.25, -0.2) is 0 Å². The van der Waals surface area contributed by atoms with E-state index in [4.69, 9.17) is 21.1 Å². The summed E-state index contributed by atoms with van der Waals surface area (Å²) < 4.78 is 38.5. The lowest BCUT2D eigenvalue weighted by atomic mass is 10.3. The van der Waals surface area contributed by atoms with Crippen molar-refractivity contribution in [2.24, 2.45) is 0 Å². The molecule has 0 saturated heterocycles. The van der Waals surface area contributed by atoms with Crippen molar-refractivity contribution in [2.75, 3.05) is 17.1 Å². The number of para-hydroxylation sites is 2. The van der Waals surface area contributed by atoms with Gasteiger partial charge in [-0.3, -0.25) is 9.52 Å². The Morgan fingerprint density at radius 2 is 1.83 bits per heavy atom. The molecule has 3 rings (SSSR count). The maximum atomic E-state index is 12.7. The predicted octanol–water partition coefficient (Wildman–Crippen LogP) is 3.75. The number of amides is 1. The van der Waals surface area contributed by atoms with Crippen LogP contribution in [0.25, 0.3) is 0 Å². The Labute approximate surface area is 175 Å². The maximum Gasteiger partial charge on any atom is 0.291 e. The number of nitrogens with one attached hydrogen (secondary N) is 2. The van der Waals surface area contributed by atoms with Crippen LogP contribution in [0.2, 0.25) is 5.02 Å². The van der Waals surface area contributed by atoms with Crippen LogP contribution in [0.5, 0.6) is 17.2 Å². The summed E-state index contributed by atoms with van der Waals surface area (Å²) in [6.07, 6.45) is 0. The summed E-state index contributed by atoms with van der Waals surface area (Å²) in [5.41, 5.74) is 0.0969. The van der Waals surface area contributed by atoms with Gasteiger partial charge >= 0.3 is 0 Å². The highest BCUT2D eigenvalue weighted by atomic mass is 35.5. The summed E-state index contributed by atoms with van der Waals surface area (Å²) >= 11 is 6.74. The molecule has 12 heteroatoms. The molecule has 0 saturated carbocycles. The third kappa shape index (κ3) is 5.13. The van der Waals surface area contributed by atoms with Gasteiger partial charge in [0.2, 0.25) is 11.0 Å². The topological polar surface area (TPSA) is 120 Å². The number of hydrogen-bond donors (Lipinski definition) is 2. The molecule has 2 N–H and O–H groups in total. The fraction of sp³-hybridized carbons (Fsp3) is 0.118. The molecule has 1 heterocycles. The number of nitrogens with zero attached hydrogens (tertiary/aromatic N) is 2. The van der Waals surface area contributed by atoms with E-state index in [1.807, 2.05) is 0 Å². The number of halogens is 1. The van der Waals surface area contributed by atoms with Crippen molar-refractivity contribution in [1.82, 2.24) is 10.2 Å². The lowest BCUT2D eigenvalue weighted by molar-refractivity contribution is -0.114. The van der Waals surface area contributed by atoms with Gasteiger partial charge in [0, 0.05) is 11.9 Å². The first-order chi connectivity index (χ1) is 13.8. The van der Waals surface area contributed by atoms with Crippen molar-refractivity contribution in [2.45, 2.75) is 11.3 Å². The highest BCUT2D eigenvalue weighted by Gasteiger charge is 2.23. The number of sulfonamides is 1. The molecule has 1 amide bonds. The van der Waals surface area contributed by atoms with E-state index in [0.29, 0.717) is 27.9 Å². The number of carbonyl (C=O) groups is 1. The number of rotatable bonds is 7. The lowest BCUT2D eigenvalue weighted by Crippen LogP contribution is -2.13. The molecular weight excluding hydrogens is 440 g/mol. The second kappa shape index (κ2) is 8.64. The second-order valence-corrected chi connectivity index (χ2v) is 8.82. The smallest absolute Gasteiger partial charge is 0.291 e. The Kier molecular flexibility index (Phi) is 6.20. The molecule has 0 bridgehead atoms. The minimum Gasteiger partial charge on any atom is -0.493 e. The number of anilines is 2. The van der Waals surface area contributed by atoms with Gasteiger partial charge < -0.3 is 14.8 Å². The lowest BCUT2D eigenvalue weighted by Gasteiger charge is -2.14. The van der Waals surface area contributed by atoms with E-state index in [1.165, 1.54) is 26.2 Å². The standard InChI is InChI=1S/C17H15ClN4O5S2/c1-10(23)19-16-20-21-17(28-16)29(24,25)22-12-9-11(18)7-8-13(12)27-15-6-4-3-5-14(15)26-2/h3-9,22H,1-2H3,(H,19,20,23). The third-order valence-corrected chi connectivity index (χ3v) is 6.20. The van der Waals surface area contributed by atoms with Gasteiger partial charge in [0.1, 0.15) is 0 Å². The van der Waals surface area contributed by atoms with Gasteiger partial charge in [0.25, 0.3) is 14.4 Å². The molecule has 0 aliphatic rings. The van der Waals surface area contributed by atoms with Crippen molar-refractivity contribution in [3.63, 3.8) is 0 Å². The SMILES string of the molecule is COc1ccccc1Oc1ccc(Cl)cc1NS(=O)(=O)c1nnc(NC(C)=O)s1. The fourth-order valence-corrected chi connectivity index (χ4v) is 4.38. The molecule has 9 nitrogen and oxygen atoms in total. The van der Waals surface area contributed by atoms with Gasteiger partial charge in [-0.15, -0.1) is 10.2 Å². The molecular formula is C17H15ClN4O5S2. The highest BCUT2D eigenvalue weighted by molar-refractivity contribution is 7.94. The van der Waals surface area contributed by atoms with E-state index >= 15 is 0 Å². The Bertz CT molecular complexity index is 1150. The Balaban J connectivity index is 1.91. The minimum absolute atomic E-state index is 0.0643. The van der Waals surface area contributed by atoms with Crippen LogP contribution in [0.15, 0.2) is 46.8 Å². The summed E-state index contributed by atoms with van der Waals surface area (Å²) in [5.74, 6) is 0.677. The number of benzene rings is 2. The van der Waals surface area contributed by atoms with Crippen LogP contribution in [0.1, 0.15) is 6.92 Å². The van der Waals surface area contributed by atoms with Crippen LogP contribution in [0, 0.1) is 0 Å². The van der Waals surface area contributed by atoms with Gasteiger partial charge in [-0.05, 0) is 30.3 Å². The average molecular weight is 455 g/mol.